The highest BCUT2D eigenvalue weighted by atomic mass is 35.5. The molecule has 2 N–H and O–H groups in total. The molecule has 2 aliphatic rings. The van der Waals surface area contributed by atoms with Gasteiger partial charge in [0, 0.05) is 23.0 Å². The van der Waals surface area contributed by atoms with E-state index < -0.39 is 45.5 Å². The first kappa shape index (κ1) is 28.2. The number of anilines is 2. The Bertz CT molecular complexity index is 1610. The number of nitrogens with zero attached hydrogens (tertiary/aromatic N) is 4. The average molecular weight is 618 g/mol. The number of sulfonamides is 1. The van der Waals surface area contributed by atoms with Crippen LogP contribution in [0.3, 0.4) is 0 Å². The molecule has 16 heteroatoms. The average Bonchev–Trinajstić information content (AvgIpc) is 3.31. The normalized spacial score (nSPS) is 21.3. The summed E-state index contributed by atoms with van der Waals surface area (Å²) in [5.41, 5.74) is 4.35. The SMILES string of the molecule is C[C@@]1(Cc2ccc(OC(F)(F)F)cc2)C(=O)N(c2cc(Cl)cc(Cl)c2)c2ncc(S(=O)(=O)N3CC[C@@H]3C(N)=O)n21. The maximum Gasteiger partial charge on any atom is 0.573 e. The Labute approximate surface area is 236 Å². The van der Waals surface area contributed by atoms with Crippen molar-refractivity contribution in [3.63, 3.8) is 0 Å². The number of imidazole rings is 1. The molecule has 5 rings (SSSR count). The minimum absolute atomic E-state index is 0.0371. The van der Waals surface area contributed by atoms with Crippen molar-refractivity contribution in [2.75, 3.05) is 11.4 Å². The zero-order valence-corrected chi connectivity index (χ0v) is 22.9. The molecule has 0 unspecified atom stereocenters. The predicted octanol–water partition coefficient (Wildman–Crippen LogP) is 3.97. The van der Waals surface area contributed by atoms with Crippen LogP contribution in [0.25, 0.3) is 0 Å². The first-order valence-corrected chi connectivity index (χ1v) is 13.9. The van der Waals surface area contributed by atoms with Crippen molar-refractivity contribution in [1.82, 2.24) is 13.9 Å². The van der Waals surface area contributed by atoms with Crippen molar-refractivity contribution in [2.24, 2.45) is 5.73 Å². The van der Waals surface area contributed by atoms with Gasteiger partial charge >= 0.3 is 6.36 Å². The minimum Gasteiger partial charge on any atom is -0.406 e. The predicted molar refractivity (Wildman–Crippen MR) is 138 cm³/mol. The molecule has 3 aromatic rings. The maximum absolute atomic E-state index is 14.1. The number of amides is 2. The van der Waals surface area contributed by atoms with Crippen LogP contribution in [0, 0.1) is 0 Å². The molecule has 1 aromatic heterocycles. The van der Waals surface area contributed by atoms with E-state index in [0.29, 0.717) is 5.56 Å². The fourth-order valence-corrected chi connectivity index (χ4v) is 7.22. The third-order valence-electron chi connectivity index (χ3n) is 6.75. The number of nitrogens with two attached hydrogens (primary N) is 1. The quantitative estimate of drug-likeness (QED) is 0.427. The van der Waals surface area contributed by atoms with Crippen LogP contribution in [0.15, 0.2) is 53.7 Å². The van der Waals surface area contributed by atoms with Crippen molar-refractivity contribution in [1.29, 1.82) is 0 Å². The van der Waals surface area contributed by atoms with E-state index in [0.717, 1.165) is 22.6 Å². The zero-order valence-electron chi connectivity index (χ0n) is 20.5. The van der Waals surface area contributed by atoms with Gasteiger partial charge in [0.05, 0.1) is 11.9 Å². The van der Waals surface area contributed by atoms with Crippen molar-refractivity contribution in [2.45, 2.75) is 42.7 Å². The lowest BCUT2D eigenvalue weighted by Crippen LogP contribution is -2.57. The van der Waals surface area contributed by atoms with Gasteiger partial charge in [-0.15, -0.1) is 13.2 Å². The highest BCUT2D eigenvalue weighted by Crippen LogP contribution is 2.45. The molecule has 1 fully saturated rings. The van der Waals surface area contributed by atoms with Gasteiger partial charge in [0.15, 0.2) is 5.03 Å². The molecule has 0 saturated carbocycles. The van der Waals surface area contributed by atoms with Gasteiger partial charge in [0.1, 0.15) is 17.3 Å². The molecule has 2 aromatic carbocycles. The molecule has 3 heterocycles. The number of rotatable bonds is 7. The van der Waals surface area contributed by atoms with Crippen LogP contribution in [0.2, 0.25) is 10.0 Å². The first-order chi connectivity index (χ1) is 18.6. The summed E-state index contributed by atoms with van der Waals surface area (Å²) >= 11 is 12.3. The summed E-state index contributed by atoms with van der Waals surface area (Å²) in [5, 5.41) is 0.0527. The molecule has 10 nitrogen and oxygen atoms in total. The number of hydrogen-bond donors (Lipinski definition) is 1. The molecule has 0 radical (unpaired) electrons. The number of carbonyl (C=O) groups excluding carboxylic acids is 2. The lowest BCUT2D eigenvalue weighted by Gasteiger charge is -2.37. The maximum atomic E-state index is 14.1. The molecular weight excluding hydrogens is 598 g/mol. The molecule has 2 amide bonds. The second-order valence-corrected chi connectivity index (χ2v) is 12.2. The number of primary amides is 1. The number of ether oxygens (including phenoxy) is 1. The van der Waals surface area contributed by atoms with Gasteiger partial charge in [0.2, 0.25) is 11.9 Å². The standard InChI is InChI=1S/C24H20Cl2F3N5O5S/c1-23(11-13-2-4-17(5-3-13)39-24(27,28)29)21(36)33(16-9-14(25)8-15(26)10-16)22-31-12-19(34(22)23)40(37,38)32-7-6-18(32)20(30)35/h2-5,8-10,12,18H,6-7,11H2,1H3,(H2,30,35)/t18-,23-/m1/s1. The Hall–Kier alpha value is -3.33. The van der Waals surface area contributed by atoms with E-state index in [1.807, 2.05) is 0 Å². The molecule has 0 spiro atoms. The first-order valence-electron chi connectivity index (χ1n) is 11.7. The molecule has 0 bridgehead atoms. The van der Waals surface area contributed by atoms with Crippen molar-refractivity contribution >= 4 is 56.7 Å². The number of benzene rings is 2. The second-order valence-electron chi connectivity index (χ2n) is 9.47. The van der Waals surface area contributed by atoms with Crippen LogP contribution in [0.4, 0.5) is 24.8 Å². The monoisotopic (exact) mass is 617 g/mol. The van der Waals surface area contributed by atoms with Gasteiger partial charge in [0.25, 0.3) is 15.9 Å². The van der Waals surface area contributed by atoms with Gasteiger partial charge in [-0.1, -0.05) is 35.3 Å². The van der Waals surface area contributed by atoms with E-state index in [1.54, 1.807) is 0 Å². The molecule has 40 heavy (non-hydrogen) atoms. The van der Waals surface area contributed by atoms with E-state index in [1.165, 1.54) is 46.7 Å². The largest absolute Gasteiger partial charge is 0.573 e. The zero-order chi connectivity index (χ0) is 29.2. The lowest BCUT2D eigenvalue weighted by atomic mass is 9.92. The summed E-state index contributed by atoms with van der Waals surface area (Å²) in [6.45, 7) is 1.52. The number of aromatic nitrogens is 2. The molecule has 2 atom stereocenters. The molecular formula is C24H20Cl2F3N5O5S. The molecule has 0 aliphatic carbocycles. The lowest BCUT2D eigenvalue weighted by molar-refractivity contribution is -0.274. The van der Waals surface area contributed by atoms with Gasteiger partial charge < -0.3 is 10.5 Å². The van der Waals surface area contributed by atoms with E-state index in [-0.39, 0.29) is 46.1 Å². The number of carbonyl (C=O) groups is 2. The molecule has 2 aliphatic heterocycles. The van der Waals surface area contributed by atoms with Crippen molar-refractivity contribution < 1.29 is 35.9 Å². The summed E-state index contributed by atoms with van der Waals surface area (Å²) in [4.78, 5) is 31.3. The smallest absolute Gasteiger partial charge is 0.406 e. The summed E-state index contributed by atoms with van der Waals surface area (Å²) in [7, 11) is -4.36. The summed E-state index contributed by atoms with van der Waals surface area (Å²) in [5.74, 6) is -1.93. The Morgan fingerprint density at radius 2 is 1.80 bits per heavy atom. The Morgan fingerprint density at radius 3 is 2.33 bits per heavy atom. The molecule has 212 valence electrons. The van der Waals surface area contributed by atoms with Crippen LogP contribution in [-0.2, 0) is 31.6 Å². The van der Waals surface area contributed by atoms with E-state index in [4.69, 9.17) is 28.9 Å². The van der Waals surface area contributed by atoms with Gasteiger partial charge in [-0.05, 0) is 49.2 Å². The Kier molecular flexibility index (Phi) is 6.80. The number of fused-ring (bicyclic) bond motifs is 1. The molecule has 1 saturated heterocycles. The highest BCUT2D eigenvalue weighted by molar-refractivity contribution is 7.89. The summed E-state index contributed by atoms with van der Waals surface area (Å²) in [6.07, 6.45) is -3.72. The van der Waals surface area contributed by atoms with Crippen molar-refractivity contribution in [3.8, 4) is 5.75 Å². The number of halogens is 5. The Morgan fingerprint density at radius 1 is 1.18 bits per heavy atom. The van der Waals surface area contributed by atoms with Crippen LogP contribution in [-0.4, -0.2) is 53.0 Å². The topological polar surface area (TPSA) is 128 Å². The highest BCUT2D eigenvalue weighted by Gasteiger charge is 2.53. The minimum atomic E-state index is -4.89. The third kappa shape index (κ3) is 4.78. The van der Waals surface area contributed by atoms with Gasteiger partial charge in [-0.3, -0.25) is 14.2 Å². The fraction of sp³-hybridized carbons (Fsp3) is 0.292. The van der Waals surface area contributed by atoms with Crippen LogP contribution in [0.5, 0.6) is 5.75 Å². The summed E-state index contributed by atoms with van der Waals surface area (Å²) in [6, 6.07) is 8.15. The van der Waals surface area contributed by atoms with Crippen LogP contribution < -0.4 is 15.4 Å². The van der Waals surface area contributed by atoms with Crippen LogP contribution in [0.1, 0.15) is 18.9 Å². The van der Waals surface area contributed by atoms with Gasteiger partial charge in [-0.2, -0.15) is 4.31 Å². The summed E-state index contributed by atoms with van der Waals surface area (Å²) < 4.78 is 71.3. The van der Waals surface area contributed by atoms with Crippen molar-refractivity contribution in [3.05, 3.63) is 64.3 Å². The van der Waals surface area contributed by atoms with E-state index in [2.05, 4.69) is 9.72 Å². The van der Waals surface area contributed by atoms with Gasteiger partial charge in [-0.25, -0.2) is 18.3 Å². The van der Waals surface area contributed by atoms with Crippen LogP contribution >= 0.6 is 23.2 Å². The number of hydrogen-bond acceptors (Lipinski definition) is 6. The fourth-order valence-electron chi connectivity index (χ4n) is 4.88. The third-order valence-corrected chi connectivity index (χ3v) is 9.06. The number of alkyl halides is 3. The van der Waals surface area contributed by atoms with E-state index in [9.17, 15) is 31.2 Å². The second kappa shape index (κ2) is 9.65. The Balaban J connectivity index is 1.62. The van der Waals surface area contributed by atoms with E-state index >= 15 is 0 Å².